The fourth-order valence-electron chi connectivity index (χ4n) is 6.53. The Morgan fingerprint density at radius 2 is 1.82 bits per heavy atom. The molecule has 202 valence electrons. The summed E-state index contributed by atoms with van der Waals surface area (Å²) < 4.78 is 5.25. The maximum Gasteiger partial charge on any atom is 0.305 e. The van der Waals surface area contributed by atoms with Gasteiger partial charge in [-0.05, 0) is 36.5 Å². The number of fused-ring (bicyclic) bond motifs is 4. The van der Waals surface area contributed by atoms with Crippen LogP contribution < -0.4 is 4.74 Å². The number of carbonyl (C=O) groups excluding carboxylic acids is 4. The maximum absolute atomic E-state index is 13.5. The van der Waals surface area contributed by atoms with Crippen molar-refractivity contribution in [2.75, 3.05) is 20.7 Å². The number of hydrogen-bond acceptors (Lipinski definition) is 7. The largest absolute Gasteiger partial charge is 0.503 e. The Hall–Kier alpha value is -2.82. The molecule has 38 heavy (non-hydrogen) atoms. The number of imide groups is 2. The summed E-state index contributed by atoms with van der Waals surface area (Å²) in [5, 5.41) is 19.3. The van der Waals surface area contributed by atoms with Crippen LogP contribution in [0.15, 0.2) is 23.8 Å². The molecule has 1 aromatic rings. The normalized spacial score (nSPS) is 34.2. The van der Waals surface area contributed by atoms with Crippen LogP contribution in [0.3, 0.4) is 0 Å². The lowest BCUT2D eigenvalue weighted by Crippen LogP contribution is -2.60. The van der Waals surface area contributed by atoms with Gasteiger partial charge < -0.3 is 14.9 Å². The van der Waals surface area contributed by atoms with E-state index in [2.05, 4.69) is 0 Å². The van der Waals surface area contributed by atoms with Gasteiger partial charge in [-0.25, -0.2) is 0 Å². The zero-order chi connectivity index (χ0) is 27.9. The summed E-state index contributed by atoms with van der Waals surface area (Å²) in [6, 6.07) is 2.84. The van der Waals surface area contributed by atoms with Crippen LogP contribution in [0, 0.1) is 17.8 Å². The van der Waals surface area contributed by atoms with Gasteiger partial charge in [-0.1, -0.05) is 23.3 Å². The average molecular weight is 586 g/mol. The molecule has 1 aromatic carbocycles. The highest BCUT2D eigenvalue weighted by Crippen LogP contribution is 2.65. The van der Waals surface area contributed by atoms with E-state index in [9.17, 15) is 29.1 Å². The SMILES string of the molecule is COc1cc([C@H]2C3=CC[C@@H]4C(=O)N(CCC(=O)O)C(=O)[C@@H]4[C@@H]3C[C@@]3(Cl)C(=O)N(C)C(=O)[C@@]23Cl)cc(Cl)c1O. The fourth-order valence-corrected chi connectivity index (χ4v) is 7.77. The first-order valence-corrected chi connectivity index (χ1v) is 13.0. The molecule has 0 bridgehead atoms. The first kappa shape index (κ1) is 26.8. The van der Waals surface area contributed by atoms with Crippen LogP contribution in [0.2, 0.25) is 5.02 Å². The second-order valence-corrected chi connectivity index (χ2v) is 11.7. The molecule has 4 amide bonds. The smallest absolute Gasteiger partial charge is 0.305 e. The van der Waals surface area contributed by atoms with Crippen molar-refractivity contribution in [3.05, 3.63) is 34.4 Å². The molecule has 2 heterocycles. The van der Waals surface area contributed by atoms with Crippen LogP contribution in [0.1, 0.15) is 30.7 Å². The van der Waals surface area contributed by atoms with Gasteiger partial charge in [-0.3, -0.25) is 33.8 Å². The summed E-state index contributed by atoms with van der Waals surface area (Å²) in [5.41, 5.74) is 0.869. The third-order valence-corrected chi connectivity index (χ3v) is 9.96. The van der Waals surface area contributed by atoms with Gasteiger partial charge in [0, 0.05) is 19.5 Å². The summed E-state index contributed by atoms with van der Waals surface area (Å²) >= 11 is 20.4. The second kappa shape index (κ2) is 8.86. The minimum Gasteiger partial charge on any atom is -0.503 e. The summed E-state index contributed by atoms with van der Waals surface area (Å²) in [6.45, 7) is -0.276. The van der Waals surface area contributed by atoms with Crippen LogP contribution >= 0.6 is 34.8 Å². The van der Waals surface area contributed by atoms with Crippen LogP contribution in [0.4, 0.5) is 0 Å². The number of ether oxygens (including phenoxy) is 1. The molecule has 4 aliphatic rings. The molecule has 0 aromatic heterocycles. The number of aliphatic carboxylic acids is 1. The number of methoxy groups -OCH3 is 1. The van der Waals surface area contributed by atoms with Crippen molar-refractivity contribution in [3.8, 4) is 11.5 Å². The molecule has 10 nitrogen and oxygen atoms in total. The maximum atomic E-state index is 13.5. The predicted molar refractivity (Wildman–Crippen MR) is 134 cm³/mol. The summed E-state index contributed by atoms with van der Waals surface area (Å²) in [6.07, 6.45) is 1.29. The lowest BCUT2D eigenvalue weighted by molar-refractivity contribution is -0.143. The van der Waals surface area contributed by atoms with E-state index in [0.717, 1.165) is 9.80 Å². The van der Waals surface area contributed by atoms with Crippen molar-refractivity contribution in [2.45, 2.75) is 34.9 Å². The van der Waals surface area contributed by atoms with Crippen LogP contribution in [0.25, 0.3) is 0 Å². The van der Waals surface area contributed by atoms with E-state index in [4.69, 9.17) is 44.6 Å². The Morgan fingerprint density at radius 3 is 2.45 bits per heavy atom. The third kappa shape index (κ3) is 3.36. The third-order valence-electron chi connectivity index (χ3n) is 8.26. The lowest BCUT2D eigenvalue weighted by atomic mass is 9.56. The van der Waals surface area contributed by atoms with Crippen molar-refractivity contribution in [1.82, 2.24) is 9.80 Å². The Labute approximate surface area is 232 Å². The summed E-state index contributed by atoms with van der Waals surface area (Å²) in [4.78, 5) is 62.6. The average Bonchev–Trinajstić information content (AvgIpc) is 3.19. The molecule has 2 N–H and O–H groups in total. The molecule has 3 fully saturated rings. The van der Waals surface area contributed by atoms with Crippen molar-refractivity contribution in [1.29, 1.82) is 0 Å². The van der Waals surface area contributed by atoms with Gasteiger partial charge in [0.2, 0.25) is 11.8 Å². The van der Waals surface area contributed by atoms with Crippen LogP contribution in [-0.4, -0.2) is 80.1 Å². The highest BCUT2D eigenvalue weighted by Gasteiger charge is 2.75. The van der Waals surface area contributed by atoms with Gasteiger partial charge in [-0.15, -0.1) is 23.2 Å². The van der Waals surface area contributed by atoms with Gasteiger partial charge in [0.25, 0.3) is 11.8 Å². The number of hydrogen-bond donors (Lipinski definition) is 2. The number of alkyl halides is 2. The fraction of sp³-hybridized carbons (Fsp3) is 0.480. The minimum absolute atomic E-state index is 0.00134. The monoisotopic (exact) mass is 584 g/mol. The highest BCUT2D eigenvalue weighted by atomic mass is 35.5. The van der Waals surface area contributed by atoms with E-state index < -0.39 is 69.4 Å². The zero-order valence-electron chi connectivity index (χ0n) is 20.2. The topological polar surface area (TPSA) is 142 Å². The van der Waals surface area contributed by atoms with Gasteiger partial charge in [-0.2, -0.15) is 0 Å². The first-order valence-electron chi connectivity index (χ1n) is 11.8. The van der Waals surface area contributed by atoms with Crippen molar-refractivity contribution < 1.29 is 38.9 Å². The van der Waals surface area contributed by atoms with Crippen LogP contribution in [-0.2, 0) is 24.0 Å². The van der Waals surface area contributed by atoms with Gasteiger partial charge >= 0.3 is 5.97 Å². The molecule has 6 atom stereocenters. The van der Waals surface area contributed by atoms with E-state index in [1.54, 1.807) is 6.08 Å². The number of carboxylic acids is 1. The molecule has 1 saturated carbocycles. The minimum atomic E-state index is -2.00. The van der Waals surface area contributed by atoms with Crippen molar-refractivity contribution >= 4 is 64.4 Å². The number of carbonyl (C=O) groups is 5. The van der Waals surface area contributed by atoms with E-state index >= 15 is 0 Å². The Balaban J connectivity index is 1.69. The molecule has 13 heteroatoms. The predicted octanol–water partition coefficient (Wildman–Crippen LogP) is 2.52. The standard InChI is InChI=1S/C25H23Cl3N2O8/c1-29-22(36)24(27)9-13-11(3-4-12-17(13)21(35)30(20(12)34)6-5-16(31)32)18(25(24,28)23(29)37)10-7-14(26)19(33)15(8-10)38-2/h3,7-8,12-13,17-18,33H,4-6,9H2,1-2H3,(H,31,32)/t12-,13+,17-,18-,24+,25-/m0/s1. The second-order valence-electron chi connectivity index (χ2n) is 10.0. The van der Waals surface area contributed by atoms with Crippen LogP contribution in [0.5, 0.6) is 11.5 Å². The highest BCUT2D eigenvalue weighted by molar-refractivity contribution is 6.53. The van der Waals surface area contributed by atoms with Crippen molar-refractivity contribution in [3.63, 3.8) is 0 Å². The molecule has 2 aliphatic carbocycles. The Morgan fingerprint density at radius 1 is 1.13 bits per heavy atom. The van der Waals surface area contributed by atoms with Gasteiger partial charge in [0.1, 0.15) is 0 Å². The number of likely N-dealkylation sites (tertiary alicyclic amines) is 2. The molecular weight excluding hydrogens is 563 g/mol. The quantitative estimate of drug-likeness (QED) is 0.305. The van der Waals surface area contributed by atoms with E-state index in [1.807, 2.05) is 0 Å². The number of aromatic hydroxyl groups is 1. The zero-order valence-corrected chi connectivity index (χ0v) is 22.5. The van der Waals surface area contributed by atoms with Gasteiger partial charge in [0.15, 0.2) is 21.2 Å². The molecule has 0 spiro atoms. The number of halogens is 3. The molecule has 0 radical (unpaired) electrons. The number of nitrogens with zero attached hydrogens (tertiary/aromatic N) is 2. The molecule has 0 unspecified atom stereocenters. The number of phenolic OH excluding ortho intramolecular Hbond substituents is 1. The van der Waals surface area contributed by atoms with Crippen molar-refractivity contribution in [2.24, 2.45) is 17.8 Å². The molecule has 2 saturated heterocycles. The Bertz CT molecular complexity index is 1350. The number of allylic oxidation sites excluding steroid dienone is 2. The van der Waals surface area contributed by atoms with E-state index in [-0.39, 0.29) is 35.9 Å². The van der Waals surface area contributed by atoms with E-state index in [0.29, 0.717) is 11.1 Å². The number of amides is 4. The lowest BCUT2D eigenvalue weighted by Gasteiger charge is -2.50. The first-order chi connectivity index (χ1) is 17.8. The number of rotatable bonds is 5. The van der Waals surface area contributed by atoms with Gasteiger partial charge in [0.05, 0.1) is 30.4 Å². The number of benzene rings is 1. The molecule has 5 rings (SSSR count). The number of carboxylic acid groups (broad SMARTS) is 1. The van der Waals surface area contributed by atoms with E-state index in [1.165, 1.54) is 26.3 Å². The Kier molecular flexibility index (Phi) is 6.24. The molecule has 2 aliphatic heterocycles. The molecular formula is C25H23Cl3N2O8. The number of phenols is 1. The summed E-state index contributed by atoms with van der Waals surface area (Å²) in [5.74, 6) is -7.49. The summed E-state index contributed by atoms with van der Waals surface area (Å²) in [7, 11) is 2.59.